The molecule has 1 aromatic carbocycles. The van der Waals surface area contributed by atoms with E-state index in [4.69, 9.17) is 12.2 Å². The van der Waals surface area contributed by atoms with Crippen molar-refractivity contribution in [3.8, 4) is 0 Å². The zero-order valence-electron chi connectivity index (χ0n) is 9.98. The van der Waals surface area contributed by atoms with Gasteiger partial charge in [0.05, 0.1) is 5.75 Å². The Kier molecular flexibility index (Phi) is 3.91. The first-order valence-corrected chi connectivity index (χ1v) is 8.34. The molecule has 1 aromatic heterocycles. The largest absolute Gasteiger partial charge is 0.345 e. The number of benzene rings is 1. The predicted octanol–water partition coefficient (Wildman–Crippen LogP) is 4.32. The number of thioether (sulfide) groups is 2. The van der Waals surface area contributed by atoms with E-state index in [9.17, 15) is 4.39 Å². The summed E-state index contributed by atoms with van der Waals surface area (Å²) >= 11 is 8.79. The van der Waals surface area contributed by atoms with E-state index in [0.717, 1.165) is 22.2 Å². The van der Waals surface area contributed by atoms with Crippen LogP contribution in [0, 0.1) is 10.5 Å². The van der Waals surface area contributed by atoms with Crippen LogP contribution in [0.4, 0.5) is 4.39 Å². The number of aromatic nitrogens is 2. The van der Waals surface area contributed by atoms with Gasteiger partial charge in [-0.25, -0.2) is 9.37 Å². The zero-order valence-corrected chi connectivity index (χ0v) is 12.4. The van der Waals surface area contributed by atoms with Crippen molar-refractivity contribution in [2.75, 3.05) is 0 Å². The third-order valence-corrected chi connectivity index (χ3v) is 5.18. The minimum absolute atomic E-state index is 0.212. The van der Waals surface area contributed by atoms with Crippen molar-refractivity contribution in [3.05, 3.63) is 51.8 Å². The molecule has 2 nitrogen and oxygen atoms in total. The van der Waals surface area contributed by atoms with Gasteiger partial charge >= 0.3 is 0 Å². The number of nitrogens with zero attached hydrogens (tertiary/aromatic N) is 1. The lowest BCUT2D eigenvalue weighted by molar-refractivity contribution is 0.626. The second-order valence-electron chi connectivity index (χ2n) is 4.18. The first-order valence-electron chi connectivity index (χ1n) is 5.79. The minimum atomic E-state index is -0.212. The molecule has 6 heteroatoms. The zero-order chi connectivity index (χ0) is 13.2. The highest BCUT2D eigenvalue weighted by Gasteiger charge is 2.15. The molecular weight excluding hydrogens is 299 g/mol. The summed E-state index contributed by atoms with van der Waals surface area (Å²) in [7, 11) is 0. The molecule has 0 saturated carbocycles. The van der Waals surface area contributed by atoms with E-state index in [1.54, 1.807) is 23.9 Å². The molecule has 0 bridgehead atoms. The highest BCUT2D eigenvalue weighted by atomic mass is 32.2. The third-order valence-electron chi connectivity index (χ3n) is 2.84. The number of H-pyrrole nitrogens is 1. The Labute approximate surface area is 124 Å². The summed E-state index contributed by atoms with van der Waals surface area (Å²) in [6, 6.07) is 6.49. The highest BCUT2D eigenvalue weighted by Crippen LogP contribution is 2.29. The fourth-order valence-electron chi connectivity index (χ4n) is 1.87. The SMILES string of the molecule is Fc1ccc(SCc2nc(=S)c3c([nH]2)CSC3)cc1. The summed E-state index contributed by atoms with van der Waals surface area (Å²) in [4.78, 5) is 8.81. The van der Waals surface area contributed by atoms with Gasteiger partial charge in [-0.05, 0) is 24.3 Å². The van der Waals surface area contributed by atoms with Gasteiger partial charge in [-0.1, -0.05) is 12.2 Å². The summed E-state index contributed by atoms with van der Waals surface area (Å²) in [5.41, 5.74) is 2.38. The van der Waals surface area contributed by atoms with Gasteiger partial charge in [0, 0.05) is 27.7 Å². The van der Waals surface area contributed by atoms with Crippen LogP contribution in [0.25, 0.3) is 0 Å². The second-order valence-corrected chi connectivity index (χ2v) is 6.60. The van der Waals surface area contributed by atoms with E-state index in [1.807, 2.05) is 11.8 Å². The summed E-state index contributed by atoms with van der Waals surface area (Å²) < 4.78 is 13.5. The average Bonchev–Trinajstić information content (AvgIpc) is 2.87. The summed E-state index contributed by atoms with van der Waals surface area (Å²) in [5, 5.41) is 0. The lowest BCUT2D eigenvalue weighted by Crippen LogP contribution is -1.99. The lowest BCUT2D eigenvalue weighted by Gasteiger charge is -2.05. The summed E-state index contributed by atoms with van der Waals surface area (Å²) in [6.07, 6.45) is 0. The van der Waals surface area contributed by atoms with Gasteiger partial charge in [0.25, 0.3) is 0 Å². The molecule has 0 unspecified atom stereocenters. The standard InChI is InChI=1S/C13H11FN2S3/c14-8-1-3-9(4-2-8)19-7-12-15-11-6-18-5-10(11)13(17)16-12/h1-4H,5-7H2,(H,15,16,17). The first-order chi connectivity index (χ1) is 9.22. The van der Waals surface area contributed by atoms with E-state index < -0.39 is 0 Å². The van der Waals surface area contributed by atoms with Crippen molar-refractivity contribution < 1.29 is 4.39 Å². The van der Waals surface area contributed by atoms with Gasteiger partial charge in [0.1, 0.15) is 16.3 Å². The molecule has 1 N–H and O–H groups in total. The number of halogens is 1. The van der Waals surface area contributed by atoms with Crippen LogP contribution in [-0.2, 0) is 17.3 Å². The smallest absolute Gasteiger partial charge is 0.134 e. The normalized spacial score (nSPS) is 13.5. The van der Waals surface area contributed by atoms with Crippen LogP contribution in [0.3, 0.4) is 0 Å². The van der Waals surface area contributed by atoms with Crippen LogP contribution in [0.5, 0.6) is 0 Å². The lowest BCUT2D eigenvalue weighted by atomic mass is 10.3. The monoisotopic (exact) mass is 310 g/mol. The fraction of sp³-hybridized carbons (Fsp3) is 0.231. The summed E-state index contributed by atoms with van der Waals surface area (Å²) in [5.74, 6) is 3.34. The first kappa shape index (κ1) is 13.1. The predicted molar refractivity (Wildman–Crippen MR) is 80.4 cm³/mol. The molecule has 2 heterocycles. The molecule has 0 fully saturated rings. The Morgan fingerprint density at radius 3 is 2.89 bits per heavy atom. The molecule has 19 heavy (non-hydrogen) atoms. The van der Waals surface area contributed by atoms with Crippen LogP contribution < -0.4 is 0 Å². The number of nitrogens with one attached hydrogen (secondary N) is 1. The van der Waals surface area contributed by atoms with Crippen LogP contribution >= 0.6 is 35.7 Å². The van der Waals surface area contributed by atoms with Crippen LogP contribution in [0.15, 0.2) is 29.2 Å². The quantitative estimate of drug-likeness (QED) is 0.675. The van der Waals surface area contributed by atoms with Gasteiger partial charge in [0.2, 0.25) is 0 Å². The van der Waals surface area contributed by atoms with Crippen molar-refractivity contribution >= 4 is 35.7 Å². The third kappa shape index (κ3) is 3.01. The molecule has 0 amide bonds. The topological polar surface area (TPSA) is 28.7 Å². The maximum atomic E-state index is 12.8. The Bertz CT molecular complexity index is 652. The van der Waals surface area contributed by atoms with Gasteiger partial charge < -0.3 is 4.98 Å². The minimum Gasteiger partial charge on any atom is -0.345 e. The van der Waals surface area contributed by atoms with Crippen molar-refractivity contribution in [2.45, 2.75) is 22.2 Å². The van der Waals surface area contributed by atoms with Gasteiger partial charge in [-0.3, -0.25) is 0 Å². The Morgan fingerprint density at radius 1 is 1.32 bits per heavy atom. The van der Waals surface area contributed by atoms with E-state index in [2.05, 4.69) is 9.97 Å². The number of hydrogen-bond acceptors (Lipinski definition) is 4. The summed E-state index contributed by atoms with van der Waals surface area (Å²) in [6.45, 7) is 0. The van der Waals surface area contributed by atoms with E-state index in [0.29, 0.717) is 10.4 Å². The van der Waals surface area contributed by atoms with Crippen molar-refractivity contribution in [1.29, 1.82) is 0 Å². The van der Waals surface area contributed by atoms with Crippen molar-refractivity contribution in [3.63, 3.8) is 0 Å². The molecule has 98 valence electrons. The van der Waals surface area contributed by atoms with Gasteiger partial charge in [0.15, 0.2) is 0 Å². The molecule has 0 aliphatic carbocycles. The molecular formula is C13H11FN2S3. The highest BCUT2D eigenvalue weighted by molar-refractivity contribution is 7.98. The Morgan fingerprint density at radius 2 is 2.11 bits per heavy atom. The average molecular weight is 310 g/mol. The molecule has 1 aliphatic rings. The van der Waals surface area contributed by atoms with Crippen LogP contribution in [0.1, 0.15) is 17.1 Å². The number of fused-ring (bicyclic) bond motifs is 1. The maximum Gasteiger partial charge on any atom is 0.134 e. The van der Waals surface area contributed by atoms with Gasteiger partial charge in [-0.15, -0.1) is 11.8 Å². The molecule has 0 saturated heterocycles. The van der Waals surface area contributed by atoms with Crippen molar-refractivity contribution in [2.24, 2.45) is 0 Å². The van der Waals surface area contributed by atoms with E-state index >= 15 is 0 Å². The molecule has 3 rings (SSSR count). The molecule has 0 radical (unpaired) electrons. The molecule has 0 spiro atoms. The Balaban J connectivity index is 1.75. The fourth-order valence-corrected chi connectivity index (χ4v) is 4.11. The van der Waals surface area contributed by atoms with Gasteiger partial charge in [-0.2, -0.15) is 11.8 Å². The molecule has 2 aromatic rings. The number of hydrogen-bond donors (Lipinski definition) is 1. The molecule has 0 atom stereocenters. The number of rotatable bonds is 3. The maximum absolute atomic E-state index is 12.8. The van der Waals surface area contributed by atoms with Crippen molar-refractivity contribution in [1.82, 2.24) is 9.97 Å². The van der Waals surface area contributed by atoms with E-state index in [-0.39, 0.29) is 5.82 Å². The van der Waals surface area contributed by atoms with Crippen LogP contribution in [0.2, 0.25) is 0 Å². The van der Waals surface area contributed by atoms with E-state index in [1.165, 1.54) is 23.4 Å². The molecule has 1 aliphatic heterocycles. The van der Waals surface area contributed by atoms with Crippen LogP contribution in [-0.4, -0.2) is 9.97 Å². The number of aromatic amines is 1. The Hall–Kier alpha value is -0.850. The second kappa shape index (κ2) is 5.64.